The molecule has 1 unspecified atom stereocenters. The quantitative estimate of drug-likeness (QED) is 0.815. The summed E-state index contributed by atoms with van der Waals surface area (Å²) in [6.07, 6.45) is -6.62. The molecule has 0 saturated carbocycles. The van der Waals surface area contributed by atoms with Crippen molar-refractivity contribution in [2.24, 2.45) is 0 Å². The molecule has 0 spiro atoms. The fourth-order valence-corrected chi connectivity index (χ4v) is 2.46. The van der Waals surface area contributed by atoms with Crippen molar-refractivity contribution < 1.29 is 35.3 Å². The first kappa shape index (κ1) is 14.1. The molecule has 1 heterocycles. The van der Waals surface area contributed by atoms with Gasteiger partial charge < -0.3 is 14.6 Å². The predicted molar refractivity (Wildman–Crippen MR) is 75.1 cm³/mol. The van der Waals surface area contributed by atoms with Crippen LogP contribution in [-0.2, 0) is 16.1 Å². The van der Waals surface area contributed by atoms with E-state index in [1.54, 1.807) is 0 Å². The van der Waals surface area contributed by atoms with Crippen molar-refractivity contribution in [3.8, 4) is 5.75 Å². The molecule has 0 bridgehead atoms. The van der Waals surface area contributed by atoms with Gasteiger partial charge in [-0.15, -0.1) is 0 Å². The van der Waals surface area contributed by atoms with Gasteiger partial charge in [0.15, 0.2) is 0 Å². The van der Waals surface area contributed by atoms with Gasteiger partial charge in [-0.3, -0.25) is 0 Å². The standard InChI is InChI=1S/C14H12BrF3O4/c1-2-21-13(20)10-5-7-3-9(15)4-8(6-19)11(7)22-12(10)14(16,17)18/h3-5,12,19H,2,6H2,1H3/i6D2. The number of esters is 1. The zero-order chi connectivity index (χ0) is 18.3. The number of fused-ring (bicyclic) bond motifs is 1. The molecule has 1 atom stereocenters. The maximum absolute atomic E-state index is 13.3. The minimum atomic E-state index is -4.93. The van der Waals surface area contributed by atoms with Gasteiger partial charge in [-0.1, -0.05) is 15.9 Å². The maximum atomic E-state index is 13.3. The van der Waals surface area contributed by atoms with Crippen LogP contribution in [0.5, 0.6) is 5.75 Å². The summed E-state index contributed by atoms with van der Waals surface area (Å²) >= 11 is 3.08. The molecule has 1 N–H and O–H groups in total. The molecule has 1 aromatic carbocycles. The zero-order valence-electron chi connectivity index (χ0n) is 13.2. The number of hydrogen-bond donors (Lipinski definition) is 1. The first-order valence-corrected chi connectivity index (χ1v) is 6.93. The van der Waals surface area contributed by atoms with Crippen molar-refractivity contribution in [3.63, 3.8) is 0 Å². The Hall–Kier alpha value is -1.54. The molecule has 0 aliphatic carbocycles. The molecule has 1 aromatic rings. The van der Waals surface area contributed by atoms with E-state index in [0.717, 1.165) is 12.1 Å². The number of benzene rings is 1. The van der Waals surface area contributed by atoms with Crippen LogP contribution in [0.2, 0.25) is 0 Å². The van der Waals surface area contributed by atoms with Crippen LogP contribution in [0.15, 0.2) is 22.2 Å². The topological polar surface area (TPSA) is 55.8 Å². The summed E-state index contributed by atoms with van der Waals surface area (Å²) in [4.78, 5) is 11.8. The monoisotopic (exact) mass is 382 g/mol. The van der Waals surface area contributed by atoms with E-state index in [4.69, 9.17) is 7.48 Å². The van der Waals surface area contributed by atoms with Gasteiger partial charge in [-0.05, 0) is 25.1 Å². The Bertz CT molecular complexity index is 698. The van der Waals surface area contributed by atoms with E-state index in [1.165, 1.54) is 13.0 Å². The zero-order valence-corrected chi connectivity index (χ0v) is 12.8. The lowest BCUT2D eigenvalue weighted by molar-refractivity contribution is -0.188. The van der Waals surface area contributed by atoms with Crippen molar-refractivity contribution in [1.29, 1.82) is 0 Å². The van der Waals surface area contributed by atoms with Crippen molar-refractivity contribution >= 4 is 28.0 Å². The fourth-order valence-electron chi connectivity index (χ4n) is 1.98. The molecular weight excluding hydrogens is 369 g/mol. The van der Waals surface area contributed by atoms with Gasteiger partial charge in [-0.2, -0.15) is 13.2 Å². The molecule has 1 aliphatic heterocycles. The Morgan fingerprint density at radius 3 is 2.77 bits per heavy atom. The van der Waals surface area contributed by atoms with E-state index in [-0.39, 0.29) is 12.2 Å². The third-order valence-electron chi connectivity index (χ3n) is 2.84. The number of aliphatic hydroxyl groups is 1. The molecule has 0 fully saturated rings. The summed E-state index contributed by atoms with van der Waals surface area (Å²) in [7, 11) is 0. The number of carbonyl (C=O) groups is 1. The van der Waals surface area contributed by atoms with E-state index < -0.39 is 41.7 Å². The van der Waals surface area contributed by atoms with Crippen LogP contribution in [0.4, 0.5) is 13.2 Å². The van der Waals surface area contributed by atoms with Gasteiger partial charge in [0.25, 0.3) is 0 Å². The average Bonchev–Trinajstić information content (AvgIpc) is 2.43. The van der Waals surface area contributed by atoms with E-state index in [2.05, 4.69) is 20.7 Å². The van der Waals surface area contributed by atoms with Gasteiger partial charge in [0.1, 0.15) is 5.75 Å². The minimum Gasteiger partial charge on any atom is -0.475 e. The number of ether oxygens (including phenoxy) is 2. The number of hydrogen-bond acceptors (Lipinski definition) is 4. The molecule has 0 radical (unpaired) electrons. The highest BCUT2D eigenvalue weighted by atomic mass is 79.9. The van der Waals surface area contributed by atoms with Crippen LogP contribution in [0, 0.1) is 0 Å². The van der Waals surface area contributed by atoms with Crippen molar-refractivity contribution in [2.75, 3.05) is 6.61 Å². The van der Waals surface area contributed by atoms with Gasteiger partial charge in [-0.25, -0.2) is 4.79 Å². The number of carbonyl (C=O) groups excluding carboxylic acids is 1. The van der Waals surface area contributed by atoms with E-state index in [9.17, 15) is 23.1 Å². The van der Waals surface area contributed by atoms with Gasteiger partial charge in [0.05, 0.1) is 21.5 Å². The molecule has 1 aliphatic rings. The van der Waals surface area contributed by atoms with Crippen LogP contribution in [0.3, 0.4) is 0 Å². The van der Waals surface area contributed by atoms with Gasteiger partial charge >= 0.3 is 12.1 Å². The van der Waals surface area contributed by atoms with E-state index in [1.807, 2.05) is 0 Å². The number of rotatable bonds is 3. The van der Waals surface area contributed by atoms with Gasteiger partial charge in [0.2, 0.25) is 6.10 Å². The summed E-state index contributed by atoms with van der Waals surface area (Å²) in [5.74, 6) is -1.67. The van der Waals surface area contributed by atoms with Crippen LogP contribution >= 0.6 is 15.9 Å². The fraction of sp³-hybridized carbons (Fsp3) is 0.357. The predicted octanol–water partition coefficient (Wildman–Crippen LogP) is 3.21. The summed E-state index contributed by atoms with van der Waals surface area (Å²) in [5, 5.41) is 9.56. The molecule has 22 heavy (non-hydrogen) atoms. The largest absolute Gasteiger partial charge is 0.475 e. The highest BCUT2D eigenvalue weighted by Gasteiger charge is 2.49. The Morgan fingerprint density at radius 2 is 2.23 bits per heavy atom. The van der Waals surface area contributed by atoms with Crippen molar-refractivity contribution in [3.05, 3.63) is 33.3 Å². The normalized spacial score (nSPS) is 19.4. The Labute approximate surface area is 135 Å². The Kier molecular flexibility index (Phi) is 4.03. The highest BCUT2D eigenvalue weighted by Crippen LogP contribution is 2.40. The molecule has 0 saturated heterocycles. The van der Waals surface area contributed by atoms with Crippen LogP contribution in [0.1, 0.15) is 20.8 Å². The van der Waals surface area contributed by atoms with Crippen molar-refractivity contribution in [2.45, 2.75) is 25.8 Å². The van der Waals surface area contributed by atoms with Gasteiger partial charge in [0, 0.05) is 15.6 Å². The molecule has 120 valence electrons. The molecular formula is C14H12BrF3O4. The summed E-state index contributed by atoms with van der Waals surface area (Å²) in [6.45, 7) is -1.59. The second-order valence-electron chi connectivity index (χ2n) is 4.34. The SMILES string of the molecule is [2H]C([2H])(O)c1cc(Br)cc2c1OC(C(F)(F)F)C(C(=O)OCC)=C2. The smallest absolute Gasteiger partial charge is 0.430 e. The molecule has 2 rings (SSSR count). The average molecular weight is 383 g/mol. The third kappa shape index (κ3) is 3.27. The molecule has 4 nitrogen and oxygen atoms in total. The first-order valence-electron chi connectivity index (χ1n) is 7.13. The Morgan fingerprint density at radius 1 is 1.55 bits per heavy atom. The molecule has 0 aromatic heterocycles. The lowest BCUT2D eigenvalue weighted by Crippen LogP contribution is -2.41. The number of halogens is 4. The number of alkyl halides is 3. The first-order chi connectivity index (χ1) is 10.9. The van der Waals surface area contributed by atoms with Crippen molar-refractivity contribution in [1.82, 2.24) is 0 Å². The van der Waals surface area contributed by atoms with E-state index >= 15 is 0 Å². The summed E-state index contributed by atoms with van der Waals surface area (Å²) in [6, 6.07) is 2.45. The Balaban J connectivity index is 2.66. The second kappa shape index (κ2) is 6.29. The van der Waals surface area contributed by atoms with E-state index in [0.29, 0.717) is 4.47 Å². The maximum Gasteiger partial charge on any atom is 0.430 e. The van der Waals surface area contributed by atoms with Crippen LogP contribution in [-0.4, -0.2) is 30.0 Å². The lowest BCUT2D eigenvalue weighted by Gasteiger charge is -2.29. The molecule has 8 heteroatoms. The minimum absolute atomic E-state index is 0.0147. The third-order valence-corrected chi connectivity index (χ3v) is 3.30. The summed E-state index contributed by atoms with van der Waals surface area (Å²) < 4.78 is 64.3. The highest BCUT2D eigenvalue weighted by molar-refractivity contribution is 9.10. The lowest BCUT2D eigenvalue weighted by atomic mass is 9.99. The van der Waals surface area contributed by atoms with Crippen LogP contribution < -0.4 is 4.74 Å². The second-order valence-corrected chi connectivity index (χ2v) is 5.26. The molecule has 0 amide bonds. The summed E-state index contributed by atoms with van der Waals surface area (Å²) in [5.41, 5.74) is -1.22. The van der Waals surface area contributed by atoms with Crippen LogP contribution in [0.25, 0.3) is 6.08 Å².